The van der Waals surface area contributed by atoms with Crippen LogP contribution >= 0.6 is 12.2 Å². The molecule has 0 unspecified atom stereocenters. The van der Waals surface area contributed by atoms with Gasteiger partial charge in [-0.1, -0.05) is 12.2 Å². The number of nitrogens with one attached hydrogen (secondary N) is 1. The smallest absolute Gasteiger partial charge is 0.406 e. The van der Waals surface area contributed by atoms with E-state index in [2.05, 4.69) is 10.1 Å². The van der Waals surface area contributed by atoms with E-state index in [1.165, 1.54) is 6.07 Å². The summed E-state index contributed by atoms with van der Waals surface area (Å²) < 4.78 is 40.0. The number of hydrogen-bond donors (Lipinski definition) is 1. The fraction of sp³-hybridized carbons (Fsp3) is 0.273. The lowest BCUT2D eigenvalue weighted by molar-refractivity contribution is -0.274. The fourth-order valence-electron chi connectivity index (χ4n) is 1.63. The van der Waals surface area contributed by atoms with Gasteiger partial charge in [0.05, 0.1) is 4.99 Å². The normalized spacial score (nSPS) is 15.7. The van der Waals surface area contributed by atoms with Gasteiger partial charge in [0.25, 0.3) is 0 Å². The maximum absolute atomic E-state index is 12.1. The van der Waals surface area contributed by atoms with Gasteiger partial charge in [-0.3, -0.25) is 4.79 Å². The molecular weight excluding hydrogens is 267 g/mol. The van der Waals surface area contributed by atoms with Crippen LogP contribution in [-0.4, -0.2) is 17.1 Å². The number of fused-ring (bicyclic) bond motifs is 1. The van der Waals surface area contributed by atoms with Gasteiger partial charge in [0, 0.05) is 24.1 Å². The van der Waals surface area contributed by atoms with Crippen molar-refractivity contribution in [1.82, 2.24) is 0 Å². The van der Waals surface area contributed by atoms with Crippen molar-refractivity contribution < 1.29 is 22.7 Å². The summed E-state index contributed by atoms with van der Waals surface area (Å²) in [4.78, 5) is 12.2. The van der Waals surface area contributed by atoms with Gasteiger partial charge in [0.15, 0.2) is 5.78 Å². The Hall–Kier alpha value is -1.63. The van der Waals surface area contributed by atoms with Crippen LogP contribution in [0.2, 0.25) is 0 Å². The van der Waals surface area contributed by atoms with Crippen LogP contribution < -0.4 is 10.1 Å². The Kier molecular flexibility index (Phi) is 3.25. The summed E-state index contributed by atoms with van der Waals surface area (Å²) in [6, 6.07) is 3.57. The lowest BCUT2D eigenvalue weighted by Gasteiger charge is -2.12. The first-order chi connectivity index (χ1) is 8.35. The van der Waals surface area contributed by atoms with E-state index in [1.807, 2.05) is 0 Å². The summed E-state index contributed by atoms with van der Waals surface area (Å²) >= 11 is 4.97. The van der Waals surface area contributed by atoms with E-state index in [4.69, 9.17) is 12.2 Å². The molecule has 0 bridgehead atoms. The first-order valence-electron chi connectivity index (χ1n) is 5.08. The number of ether oxygens (including phenoxy) is 1. The molecular formula is C11H8F3NO2S. The molecule has 0 saturated heterocycles. The number of thiocarbonyl (C=S) groups is 1. The van der Waals surface area contributed by atoms with Crippen LogP contribution in [0.1, 0.15) is 23.2 Å². The second-order valence-corrected chi connectivity index (χ2v) is 4.22. The summed E-state index contributed by atoms with van der Waals surface area (Å²) in [5.41, 5.74) is 0.577. The molecule has 2 rings (SSSR count). The summed E-state index contributed by atoms with van der Waals surface area (Å²) in [6.45, 7) is 0. The van der Waals surface area contributed by atoms with Crippen molar-refractivity contribution in [1.29, 1.82) is 0 Å². The number of rotatable bonds is 1. The molecule has 0 saturated carbocycles. The van der Waals surface area contributed by atoms with Crippen LogP contribution in [0.4, 0.5) is 18.9 Å². The van der Waals surface area contributed by atoms with Crippen molar-refractivity contribution in [3.05, 3.63) is 23.8 Å². The molecule has 1 aliphatic rings. The van der Waals surface area contributed by atoms with Crippen molar-refractivity contribution in [3.8, 4) is 5.75 Å². The van der Waals surface area contributed by atoms with Crippen molar-refractivity contribution >= 4 is 28.7 Å². The van der Waals surface area contributed by atoms with Gasteiger partial charge in [-0.05, 0) is 18.2 Å². The SMILES string of the molecule is O=C1CCC(=S)Nc2ccc(OC(F)(F)F)cc21. The summed E-state index contributed by atoms with van der Waals surface area (Å²) in [7, 11) is 0. The summed E-state index contributed by atoms with van der Waals surface area (Å²) in [5, 5.41) is 2.82. The van der Waals surface area contributed by atoms with Gasteiger partial charge in [-0.15, -0.1) is 13.2 Å². The molecule has 3 nitrogen and oxygen atoms in total. The van der Waals surface area contributed by atoms with E-state index in [0.29, 0.717) is 17.1 Å². The number of benzene rings is 1. The Labute approximate surface area is 106 Å². The molecule has 1 N–H and O–H groups in total. The van der Waals surface area contributed by atoms with Crippen LogP contribution in [0.15, 0.2) is 18.2 Å². The lowest BCUT2D eigenvalue weighted by Crippen LogP contribution is -2.17. The highest BCUT2D eigenvalue weighted by Gasteiger charge is 2.31. The van der Waals surface area contributed by atoms with E-state index in [9.17, 15) is 18.0 Å². The molecule has 0 amide bonds. The number of carbonyl (C=O) groups excluding carboxylic acids is 1. The predicted octanol–water partition coefficient (Wildman–Crippen LogP) is 3.30. The zero-order chi connectivity index (χ0) is 13.3. The minimum atomic E-state index is -4.77. The Bertz CT molecular complexity index is 514. The molecule has 18 heavy (non-hydrogen) atoms. The van der Waals surface area contributed by atoms with Crippen molar-refractivity contribution in [2.75, 3.05) is 5.32 Å². The number of alkyl halides is 3. The molecule has 1 aliphatic heterocycles. The van der Waals surface area contributed by atoms with Gasteiger partial charge < -0.3 is 10.1 Å². The molecule has 0 radical (unpaired) electrons. The number of anilines is 1. The number of hydrogen-bond acceptors (Lipinski definition) is 3. The van der Waals surface area contributed by atoms with Crippen LogP contribution in [0, 0.1) is 0 Å². The third-order valence-corrected chi connectivity index (χ3v) is 2.68. The fourth-order valence-corrected chi connectivity index (χ4v) is 1.85. The Morgan fingerprint density at radius 3 is 2.67 bits per heavy atom. The number of halogens is 3. The van der Waals surface area contributed by atoms with Crippen LogP contribution in [0.25, 0.3) is 0 Å². The average Bonchev–Trinajstić information content (AvgIpc) is 2.38. The highest BCUT2D eigenvalue weighted by Crippen LogP contribution is 2.29. The van der Waals surface area contributed by atoms with Crippen molar-refractivity contribution in [2.45, 2.75) is 19.2 Å². The third-order valence-electron chi connectivity index (χ3n) is 2.38. The first-order valence-corrected chi connectivity index (χ1v) is 5.49. The number of carbonyl (C=O) groups is 1. The quantitative estimate of drug-likeness (QED) is 0.798. The molecule has 1 aromatic carbocycles. The second-order valence-electron chi connectivity index (χ2n) is 3.73. The molecule has 0 aliphatic carbocycles. The van der Waals surface area contributed by atoms with E-state index in [1.54, 1.807) is 0 Å². The van der Waals surface area contributed by atoms with Gasteiger partial charge in [0.2, 0.25) is 0 Å². The molecule has 7 heteroatoms. The largest absolute Gasteiger partial charge is 0.573 e. The minimum Gasteiger partial charge on any atom is -0.406 e. The summed E-state index contributed by atoms with van der Waals surface area (Å²) in [6.07, 6.45) is -4.21. The third kappa shape index (κ3) is 2.98. The molecule has 1 heterocycles. The minimum absolute atomic E-state index is 0.164. The number of Topliss-reactive ketones (excluding diaryl/α,β-unsaturated/α-hetero) is 1. The number of ketones is 1. The maximum Gasteiger partial charge on any atom is 0.573 e. The van der Waals surface area contributed by atoms with Crippen LogP contribution in [0.5, 0.6) is 5.75 Å². The van der Waals surface area contributed by atoms with Crippen LogP contribution in [-0.2, 0) is 0 Å². The second kappa shape index (κ2) is 4.56. The molecule has 0 spiro atoms. The van der Waals surface area contributed by atoms with Gasteiger partial charge in [-0.2, -0.15) is 0 Å². The highest BCUT2D eigenvalue weighted by atomic mass is 32.1. The zero-order valence-corrected chi connectivity index (χ0v) is 9.82. The van der Waals surface area contributed by atoms with E-state index in [-0.39, 0.29) is 17.8 Å². The van der Waals surface area contributed by atoms with Gasteiger partial charge in [0.1, 0.15) is 5.75 Å². The van der Waals surface area contributed by atoms with E-state index in [0.717, 1.165) is 12.1 Å². The van der Waals surface area contributed by atoms with Gasteiger partial charge in [-0.25, -0.2) is 0 Å². The molecule has 96 valence electrons. The molecule has 0 fully saturated rings. The van der Waals surface area contributed by atoms with E-state index >= 15 is 0 Å². The Morgan fingerprint density at radius 1 is 1.28 bits per heavy atom. The molecule has 0 atom stereocenters. The van der Waals surface area contributed by atoms with Gasteiger partial charge >= 0.3 is 6.36 Å². The van der Waals surface area contributed by atoms with Crippen LogP contribution in [0.3, 0.4) is 0 Å². The van der Waals surface area contributed by atoms with Crippen molar-refractivity contribution in [2.24, 2.45) is 0 Å². The lowest BCUT2D eigenvalue weighted by atomic mass is 10.1. The molecule has 0 aromatic heterocycles. The monoisotopic (exact) mass is 275 g/mol. The zero-order valence-electron chi connectivity index (χ0n) is 9.00. The highest BCUT2D eigenvalue weighted by molar-refractivity contribution is 7.80. The summed E-state index contributed by atoms with van der Waals surface area (Å²) in [5.74, 6) is -0.672. The maximum atomic E-state index is 12.1. The first kappa shape index (κ1) is 12.8. The topological polar surface area (TPSA) is 38.3 Å². The molecule has 1 aromatic rings. The van der Waals surface area contributed by atoms with Crippen molar-refractivity contribution in [3.63, 3.8) is 0 Å². The Balaban J connectivity index is 2.36. The average molecular weight is 275 g/mol. The standard InChI is InChI=1S/C11H8F3NO2S/c12-11(13,14)17-6-1-2-8-7(5-6)9(16)3-4-10(18)15-8/h1-2,5H,3-4H2,(H,15,18). The Morgan fingerprint density at radius 2 is 2.00 bits per heavy atom. The predicted molar refractivity (Wildman–Crippen MR) is 62.9 cm³/mol. The van der Waals surface area contributed by atoms with E-state index < -0.39 is 12.1 Å².